The molecule has 1 aromatic carbocycles. The number of benzene rings is 1. The van der Waals surface area contributed by atoms with Gasteiger partial charge in [-0.1, -0.05) is 30.3 Å². The van der Waals surface area contributed by atoms with Crippen molar-refractivity contribution in [1.29, 1.82) is 0 Å². The summed E-state index contributed by atoms with van der Waals surface area (Å²) in [6, 6.07) is 7.98. The van der Waals surface area contributed by atoms with Gasteiger partial charge in [-0.15, -0.1) is 0 Å². The monoisotopic (exact) mass is 249 g/mol. The van der Waals surface area contributed by atoms with E-state index in [-0.39, 0.29) is 13.0 Å². The highest BCUT2D eigenvalue weighted by atomic mass is 16.5. The molecular weight excluding hydrogens is 236 g/mol. The second kappa shape index (κ2) is 7.18. The molecule has 1 rings (SSSR count). The van der Waals surface area contributed by atoms with Crippen LogP contribution in [0.15, 0.2) is 30.3 Å². The predicted molar refractivity (Wildman–Crippen MR) is 63.1 cm³/mol. The Bertz CT molecular complexity index is 419. The summed E-state index contributed by atoms with van der Waals surface area (Å²) in [4.78, 5) is 32.5. The van der Waals surface area contributed by atoms with Gasteiger partial charge in [-0.25, -0.2) is 4.79 Å². The highest BCUT2D eigenvalue weighted by molar-refractivity contribution is 5.93. The Morgan fingerprint density at radius 2 is 2.00 bits per heavy atom. The van der Waals surface area contributed by atoms with Gasteiger partial charge in [-0.2, -0.15) is 0 Å². The Labute approximate surface area is 104 Å². The average molecular weight is 249 g/mol. The zero-order valence-electron chi connectivity index (χ0n) is 9.59. The highest BCUT2D eigenvalue weighted by Crippen LogP contribution is 2.00. The first-order valence-electron chi connectivity index (χ1n) is 5.25. The van der Waals surface area contributed by atoms with Crippen LogP contribution >= 0.6 is 0 Å². The molecule has 0 aliphatic heterocycles. The summed E-state index contributed by atoms with van der Waals surface area (Å²) < 4.78 is 4.80. The molecule has 1 radical (unpaired) electrons. The second-order valence-corrected chi connectivity index (χ2v) is 3.54. The van der Waals surface area contributed by atoms with Crippen LogP contribution in [0.4, 0.5) is 4.79 Å². The van der Waals surface area contributed by atoms with Crippen molar-refractivity contribution in [2.24, 2.45) is 5.73 Å². The van der Waals surface area contributed by atoms with Gasteiger partial charge in [0.1, 0.15) is 6.61 Å². The largest absolute Gasteiger partial charge is 0.444 e. The smallest absolute Gasteiger partial charge is 0.414 e. The van der Waals surface area contributed by atoms with E-state index in [1.54, 1.807) is 24.3 Å². The molecule has 0 saturated heterocycles. The van der Waals surface area contributed by atoms with E-state index in [9.17, 15) is 14.4 Å². The molecule has 0 heterocycles. The maximum absolute atomic E-state index is 11.2. The van der Waals surface area contributed by atoms with Crippen LogP contribution in [0.3, 0.4) is 0 Å². The van der Waals surface area contributed by atoms with E-state index in [1.807, 2.05) is 11.4 Å². The van der Waals surface area contributed by atoms with Crippen LogP contribution in [0.25, 0.3) is 0 Å². The van der Waals surface area contributed by atoms with E-state index in [2.05, 4.69) is 0 Å². The molecule has 3 N–H and O–H groups in total. The lowest BCUT2D eigenvalue weighted by molar-refractivity contribution is -0.120. The summed E-state index contributed by atoms with van der Waals surface area (Å²) in [7, 11) is 0. The lowest BCUT2D eigenvalue weighted by atomic mass is 10.2. The zero-order valence-corrected chi connectivity index (χ0v) is 9.59. The number of carbonyl (C=O) groups is 2. The van der Waals surface area contributed by atoms with Crippen molar-refractivity contribution >= 4 is 18.3 Å². The molecule has 0 spiro atoms. The predicted octanol–water partition coefficient (Wildman–Crippen LogP) is 0.266. The fourth-order valence-electron chi connectivity index (χ4n) is 1.17. The molecule has 0 aliphatic rings. The molecule has 6 nitrogen and oxygen atoms in total. The van der Waals surface area contributed by atoms with Crippen LogP contribution < -0.4 is 11.1 Å². The molecule has 6 heteroatoms. The third kappa shape index (κ3) is 5.22. The van der Waals surface area contributed by atoms with Gasteiger partial charge < -0.3 is 10.5 Å². The van der Waals surface area contributed by atoms with Crippen molar-refractivity contribution in [2.75, 3.05) is 0 Å². The molecule has 0 aromatic heterocycles. The van der Waals surface area contributed by atoms with Gasteiger partial charge in [0, 0.05) is 6.42 Å². The number of amides is 2. The zero-order chi connectivity index (χ0) is 13.4. The first-order chi connectivity index (χ1) is 8.61. The molecule has 18 heavy (non-hydrogen) atoms. The normalized spacial score (nSPS) is 11.4. The van der Waals surface area contributed by atoms with Crippen molar-refractivity contribution < 1.29 is 19.1 Å². The summed E-state index contributed by atoms with van der Waals surface area (Å²) >= 11 is 0. The van der Waals surface area contributed by atoms with Crippen LogP contribution in [0.1, 0.15) is 12.0 Å². The van der Waals surface area contributed by atoms with E-state index in [0.717, 1.165) is 5.56 Å². The molecule has 0 bridgehead atoms. The van der Waals surface area contributed by atoms with Crippen LogP contribution in [-0.4, -0.2) is 24.3 Å². The van der Waals surface area contributed by atoms with Gasteiger partial charge in [-0.05, 0) is 5.56 Å². The SMILES string of the molecule is NC([C]=O)CC(=O)NC(=O)OCc1ccccc1. The minimum Gasteiger partial charge on any atom is -0.444 e. The van der Waals surface area contributed by atoms with E-state index in [1.165, 1.54) is 6.29 Å². The number of rotatable bonds is 5. The molecule has 1 atom stereocenters. The molecule has 95 valence electrons. The Morgan fingerprint density at radius 1 is 1.33 bits per heavy atom. The molecule has 1 unspecified atom stereocenters. The van der Waals surface area contributed by atoms with Crippen molar-refractivity contribution in [2.45, 2.75) is 19.1 Å². The summed E-state index contributed by atoms with van der Waals surface area (Å²) in [5.74, 6) is -0.677. The van der Waals surface area contributed by atoms with Gasteiger partial charge in [0.25, 0.3) is 0 Å². The van der Waals surface area contributed by atoms with Gasteiger partial charge in [0.2, 0.25) is 12.2 Å². The lowest BCUT2D eigenvalue weighted by Gasteiger charge is -2.06. The number of nitrogens with one attached hydrogen (secondary N) is 1. The summed E-state index contributed by atoms with van der Waals surface area (Å²) in [5.41, 5.74) is 5.98. The van der Waals surface area contributed by atoms with E-state index < -0.39 is 18.0 Å². The van der Waals surface area contributed by atoms with Crippen LogP contribution in [0.2, 0.25) is 0 Å². The first kappa shape index (κ1) is 13.9. The molecular formula is C12H13N2O4. The second-order valence-electron chi connectivity index (χ2n) is 3.54. The number of ether oxygens (including phenoxy) is 1. The van der Waals surface area contributed by atoms with Crippen molar-refractivity contribution in [3.05, 3.63) is 35.9 Å². The number of carbonyl (C=O) groups excluding carboxylic acids is 3. The molecule has 1 aromatic rings. The number of hydrogen-bond acceptors (Lipinski definition) is 5. The van der Waals surface area contributed by atoms with Gasteiger partial charge in [0.05, 0.1) is 6.04 Å². The third-order valence-electron chi connectivity index (χ3n) is 2.01. The Balaban J connectivity index is 2.29. The lowest BCUT2D eigenvalue weighted by Crippen LogP contribution is -2.36. The molecule has 0 saturated carbocycles. The van der Waals surface area contributed by atoms with E-state index in [4.69, 9.17) is 10.5 Å². The number of hydrogen-bond donors (Lipinski definition) is 2. The van der Waals surface area contributed by atoms with E-state index in [0.29, 0.717) is 0 Å². The van der Waals surface area contributed by atoms with Gasteiger partial charge in [0.15, 0.2) is 0 Å². The average Bonchev–Trinajstić information content (AvgIpc) is 2.37. The topological polar surface area (TPSA) is 98.5 Å². The van der Waals surface area contributed by atoms with Crippen molar-refractivity contribution in [1.82, 2.24) is 5.32 Å². The summed E-state index contributed by atoms with van der Waals surface area (Å²) in [6.45, 7) is 0.0613. The Hall–Kier alpha value is -2.21. The molecule has 0 aliphatic carbocycles. The van der Waals surface area contributed by atoms with Crippen LogP contribution in [0.5, 0.6) is 0 Å². The van der Waals surface area contributed by atoms with E-state index >= 15 is 0 Å². The number of nitrogens with two attached hydrogens (primary N) is 1. The Morgan fingerprint density at radius 3 is 2.61 bits per heavy atom. The molecule has 0 fully saturated rings. The van der Waals surface area contributed by atoms with Crippen molar-refractivity contribution in [3.63, 3.8) is 0 Å². The fourth-order valence-corrected chi connectivity index (χ4v) is 1.17. The fraction of sp³-hybridized carbons (Fsp3) is 0.250. The standard InChI is InChI=1S/C12H13N2O4/c13-10(7-15)6-11(16)14-12(17)18-8-9-4-2-1-3-5-9/h1-5,10H,6,8,13H2,(H,14,16,17). The Kier molecular flexibility index (Phi) is 5.53. The third-order valence-corrected chi connectivity index (χ3v) is 2.01. The molecule has 2 amide bonds. The summed E-state index contributed by atoms with van der Waals surface area (Å²) in [6.07, 6.45) is 0.267. The number of alkyl carbamates (subject to hydrolysis) is 1. The maximum Gasteiger partial charge on any atom is 0.414 e. The summed E-state index contributed by atoms with van der Waals surface area (Å²) in [5, 5.41) is 1.96. The highest BCUT2D eigenvalue weighted by Gasteiger charge is 2.13. The minimum atomic E-state index is -1.04. The van der Waals surface area contributed by atoms with Crippen LogP contribution in [0, 0.1) is 0 Å². The van der Waals surface area contributed by atoms with Gasteiger partial charge >= 0.3 is 6.09 Å². The minimum absolute atomic E-state index is 0.0613. The first-order valence-corrected chi connectivity index (χ1v) is 5.25. The van der Waals surface area contributed by atoms with Gasteiger partial charge in [-0.3, -0.25) is 14.9 Å². The quantitative estimate of drug-likeness (QED) is 0.780. The van der Waals surface area contributed by atoms with Crippen molar-refractivity contribution in [3.8, 4) is 0 Å². The van der Waals surface area contributed by atoms with Crippen LogP contribution in [-0.2, 0) is 20.9 Å². The number of imide groups is 1. The maximum atomic E-state index is 11.2.